The van der Waals surface area contributed by atoms with Crippen molar-refractivity contribution in [3.8, 4) is 0 Å². The van der Waals surface area contributed by atoms with Crippen molar-refractivity contribution in [1.29, 1.82) is 0 Å². The van der Waals surface area contributed by atoms with Crippen molar-refractivity contribution in [2.45, 2.75) is 33.2 Å². The lowest BCUT2D eigenvalue weighted by molar-refractivity contribution is -0.142. The molecule has 0 aromatic carbocycles. The molecule has 1 aliphatic heterocycles. The summed E-state index contributed by atoms with van der Waals surface area (Å²) in [6.07, 6.45) is 0.944. The number of thiazole rings is 1. The second kappa shape index (κ2) is 6.43. The Labute approximate surface area is 127 Å². The van der Waals surface area contributed by atoms with E-state index in [0.717, 1.165) is 5.69 Å². The van der Waals surface area contributed by atoms with E-state index in [9.17, 15) is 14.4 Å². The first-order valence-electron chi connectivity index (χ1n) is 7.05. The van der Waals surface area contributed by atoms with E-state index in [-0.39, 0.29) is 16.7 Å². The molecule has 0 spiro atoms. The Morgan fingerprint density at radius 2 is 2.14 bits per heavy atom. The molecule has 2 atom stereocenters. The SMILES string of the molecule is Cc1csc(=O)n1CCCC(=O)N1C[C@@H](C)[C@H](C(=O)O)C1. The molecule has 2 rings (SSSR count). The Morgan fingerprint density at radius 1 is 1.43 bits per heavy atom. The summed E-state index contributed by atoms with van der Waals surface area (Å²) in [5.41, 5.74) is 0.915. The zero-order valence-electron chi connectivity index (χ0n) is 12.2. The molecular formula is C14H20N2O4S. The van der Waals surface area contributed by atoms with Gasteiger partial charge in [-0.1, -0.05) is 18.3 Å². The van der Waals surface area contributed by atoms with Gasteiger partial charge in [0.25, 0.3) is 0 Å². The summed E-state index contributed by atoms with van der Waals surface area (Å²) in [7, 11) is 0. The van der Waals surface area contributed by atoms with Crippen LogP contribution in [0.3, 0.4) is 0 Å². The first-order valence-corrected chi connectivity index (χ1v) is 7.93. The quantitative estimate of drug-likeness (QED) is 0.885. The zero-order valence-corrected chi connectivity index (χ0v) is 13.1. The van der Waals surface area contributed by atoms with Crippen LogP contribution in [0.5, 0.6) is 0 Å². The lowest BCUT2D eigenvalue weighted by Crippen LogP contribution is -2.30. The van der Waals surface area contributed by atoms with E-state index in [0.29, 0.717) is 32.5 Å². The van der Waals surface area contributed by atoms with E-state index < -0.39 is 11.9 Å². The number of carbonyl (C=O) groups excluding carboxylic acids is 1. The largest absolute Gasteiger partial charge is 0.481 e. The van der Waals surface area contributed by atoms with Crippen molar-refractivity contribution >= 4 is 23.2 Å². The van der Waals surface area contributed by atoms with E-state index in [1.54, 1.807) is 9.47 Å². The van der Waals surface area contributed by atoms with E-state index in [1.165, 1.54) is 11.3 Å². The van der Waals surface area contributed by atoms with Crippen LogP contribution in [0.25, 0.3) is 0 Å². The first-order chi connectivity index (χ1) is 9.90. The summed E-state index contributed by atoms with van der Waals surface area (Å²) in [5, 5.41) is 10.9. The van der Waals surface area contributed by atoms with Gasteiger partial charge in [0.1, 0.15) is 0 Å². The number of hydrogen-bond donors (Lipinski definition) is 1. The number of aliphatic carboxylic acids is 1. The summed E-state index contributed by atoms with van der Waals surface area (Å²) in [6.45, 7) is 5.07. The Hall–Kier alpha value is -1.63. The molecule has 21 heavy (non-hydrogen) atoms. The number of carboxylic acid groups (broad SMARTS) is 1. The third-order valence-electron chi connectivity index (χ3n) is 4.03. The minimum absolute atomic E-state index is 0.000634. The van der Waals surface area contributed by atoms with Gasteiger partial charge in [-0.2, -0.15) is 0 Å². The lowest BCUT2D eigenvalue weighted by atomic mass is 9.99. The van der Waals surface area contributed by atoms with Crippen molar-refractivity contribution in [2.75, 3.05) is 13.1 Å². The van der Waals surface area contributed by atoms with Crippen molar-refractivity contribution in [3.05, 3.63) is 20.7 Å². The third kappa shape index (κ3) is 3.53. The van der Waals surface area contributed by atoms with Crippen molar-refractivity contribution in [1.82, 2.24) is 9.47 Å². The average Bonchev–Trinajstić information content (AvgIpc) is 2.95. The number of rotatable bonds is 5. The second-order valence-corrected chi connectivity index (χ2v) is 6.44. The van der Waals surface area contributed by atoms with Gasteiger partial charge in [-0.25, -0.2) is 0 Å². The van der Waals surface area contributed by atoms with E-state index >= 15 is 0 Å². The number of nitrogens with zero attached hydrogens (tertiary/aromatic N) is 2. The molecule has 1 amide bonds. The second-order valence-electron chi connectivity index (χ2n) is 5.62. The molecule has 116 valence electrons. The summed E-state index contributed by atoms with van der Waals surface area (Å²) in [4.78, 5) is 36.3. The number of hydrogen-bond acceptors (Lipinski definition) is 4. The molecule has 0 saturated carbocycles. The highest BCUT2D eigenvalue weighted by Crippen LogP contribution is 2.23. The minimum Gasteiger partial charge on any atom is -0.481 e. The maximum absolute atomic E-state index is 12.1. The molecule has 1 aromatic rings. The predicted octanol–water partition coefficient (Wildman–Crippen LogP) is 1.18. The smallest absolute Gasteiger partial charge is 0.308 e. The molecule has 2 heterocycles. The fraction of sp³-hybridized carbons (Fsp3) is 0.643. The van der Waals surface area contributed by atoms with Crippen LogP contribution in [-0.4, -0.2) is 39.5 Å². The number of carbonyl (C=O) groups is 2. The fourth-order valence-electron chi connectivity index (χ4n) is 2.71. The lowest BCUT2D eigenvalue weighted by Gasteiger charge is -2.16. The summed E-state index contributed by atoms with van der Waals surface area (Å²) >= 11 is 1.17. The molecule has 0 bridgehead atoms. The molecule has 1 aliphatic rings. The molecule has 7 heteroatoms. The average molecular weight is 312 g/mol. The van der Waals surface area contributed by atoms with E-state index in [4.69, 9.17) is 5.11 Å². The molecule has 0 unspecified atom stereocenters. The molecule has 0 aliphatic carbocycles. The molecule has 1 aromatic heterocycles. The number of likely N-dealkylation sites (tertiary alicyclic amines) is 1. The number of aryl methyl sites for hydroxylation is 1. The number of carboxylic acids is 1. The van der Waals surface area contributed by atoms with Crippen molar-refractivity contribution in [2.24, 2.45) is 11.8 Å². The summed E-state index contributed by atoms with van der Waals surface area (Å²) in [5.74, 6) is -1.33. The van der Waals surface area contributed by atoms with Crippen LogP contribution in [0, 0.1) is 18.8 Å². The molecule has 6 nitrogen and oxygen atoms in total. The summed E-state index contributed by atoms with van der Waals surface area (Å²) in [6, 6.07) is 0. The van der Waals surface area contributed by atoms with Gasteiger partial charge in [0.2, 0.25) is 5.91 Å². The maximum atomic E-state index is 12.1. The Kier molecular flexibility index (Phi) is 4.82. The van der Waals surface area contributed by atoms with Crippen LogP contribution < -0.4 is 4.87 Å². The maximum Gasteiger partial charge on any atom is 0.308 e. The van der Waals surface area contributed by atoms with Crippen LogP contribution in [-0.2, 0) is 16.1 Å². The molecular weight excluding hydrogens is 292 g/mol. The fourth-order valence-corrected chi connectivity index (χ4v) is 3.47. The predicted molar refractivity (Wildman–Crippen MR) is 79.4 cm³/mol. The first kappa shape index (κ1) is 15.8. The van der Waals surface area contributed by atoms with Crippen LogP contribution >= 0.6 is 11.3 Å². The van der Waals surface area contributed by atoms with Crippen molar-refractivity contribution < 1.29 is 14.7 Å². The van der Waals surface area contributed by atoms with Gasteiger partial charge in [0, 0.05) is 37.1 Å². The van der Waals surface area contributed by atoms with Gasteiger partial charge in [-0.3, -0.25) is 14.4 Å². The van der Waals surface area contributed by atoms with Crippen LogP contribution in [0.15, 0.2) is 10.2 Å². The zero-order chi connectivity index (χ0) is 15.6. The molecule has 1 N–H and O–H groups in total. The standard InChI is InChI=1S/C14H20N2O4S/c1-9-6-15(7-11(9)13(18)19)12(17)4-3-5-16-10(2)8-21-14(16)20/h8-9,11H,3-7H2,1-2H3,(H,18,19)/t9-,11-/m1/s1. The van der Waals surface area contributed by atoms with Gasteiger partial charge >= 0.3 is 10.8 Å². The Morgan fingerprint density at radius 3 is 2.67 bits per heavy atom. The molecule has 0 radical (unpaired) electrons. The van der Waals surface area contributed by atoms with E-state index in [2.05, 4.69) is 0 Å². The highest BCUT2D eigenvalue weighted by Gasteiger charge is 2.36. The molecule has 1 saturated heterocycles. The van der Waals surface area contributed by atoms with E-state index in [1.807, 2.05) is 19.2 Å². The highest BCUT2D eigenvalue weighted by atomic mass is 32.1. The Bertz CT molecular complexity index is 592. The normalized spacial score (nSPS) is 21.7. The van der Waals surface area contributed by atoms with Gasteiger partial charge in [-0.15, -0.1) is 0 Å². The van der Waals surface area contributed by atoms with Gasteiger partial charge in [0.15, 0.2) is 0 Å². The van der Waals surface area contributed by atoms with Crippen LogP contribution in [0.4, 0.5) is 0 Å². The van der Waals surface area contributed by atoms with Gasteiger partial charge in [-0.05, 0) is 19.3 Å². The number of aromatic nitrogens is 1. The third-order valence-corrected chi connectivity index (χ3v) is 4.91. The van der Waals surface area contributed by atoms with Crippen molar-refractivity contribution in [3.63, 3.8) is 0 Å². The van der Waals surface area contributed by atoms with Crippen LogP contribution in [0.2, 0.25) is 0 Å². The summed E-state index contributed by atoms with van der Waals surface area (Å²) < 4.78 is 1.67. The van der Waals surface area contributed by atoms with Crippen LogP contribution in [0.1, 0.15) is 25.5 Å². The molecule has 1 fully saturated rings. The monoisotopic (exact) mass is 312 g/mol. The minimum atomic E-state index is -0.835. The Balaban J connectivity index is 1.83. The number of amides is 1. The highest BCUT2D eigenvalue weighted by molar-refractivity contribution is 7.07. The van der Waals surface area contributed by atoms with Gasteiger partial charge in [0.05, 0.1) is 5.92 Å². The topological polar surface area (TPSA) is 79.6 Å². The van der Waals surface area contributed by atoms with Gasteiger partial charge < -0.3 is 14.6 Å².